The normalized spacial score (nSPS) is 16.8. The Bertz CT molecular complexity index is 1540. The predicted octanol–water partition coefficient (Wildman–Crippen LogP) is 7.84. The molecule has 0 radical (unpaired) electrons. The van der Waals surface area contributed by atoms with Crippen molar-refractivity contribution in [1.29, 1.82) is 0 Å². The summed E-state index contributed by atoms with van der Waals surface area (Å²) in [7, 11) is 0. The third-order valence-electron chi connectivity index (χ3n) is 8.36. The first-order valence-corrected chi connectivity index (χ1v) is 14.6. The molecule has 6 rings (SSSR count). The molecule has 7 nitrogen and oxygen atoms in total. The van der Waals surface area contributed by atoms with Gasteiger partial charge in [-0.15, -0.1) is 0 Å². The van der Waals surface area contributed by atoms with E-state index in [2.05, 4.69) is 68.7 Å². The van der Waals surface area contributed by atoms with Crippen LogP contribution in [0.25, 0.3) is 39.4 Å². The molecule has 4 aromatic rings. The van der Waals surface area contributed by atoms with Gasteiger partial charge in [0.1, 0.15) is 11.2 Å². The zero-order valence-electron chi connectivity index (χ0n) is 23.5. The topological polar surface area (TPSA) is 85.5 Å². The maximum absolute atomic E-state index is 5.06. The molecule has 0 bridgehead atoms. The number of anilines is 1. The molecular weight excluding hydrogens is 494 g/mol. The van der Waals surface area contributed by atoms with Gasteiger partial charge >= 0.3 is 0 Å². The van der Waals surface area contributed by atoms with E-state index >= 15 is 0 Å². The van der Waals surface area contributed by atoms with Crippen LogP contribution < -0.4 is 5.32 Å². The summed E-state index contributed by atoms with van der Waals surface area (Å²) in [5, 5.41) is 11.4. The second kappa shape index (κ2) is 11.5. The van der Waals surface area contributed by atoms with Crippen LogP contribution >= 0.6 is 0 Å². The van der Waals surface area contributed by atoms with Crippen molar-refractivity contribution in [2.75, 3.05) is 18.4 Å². The van der Waals surface area contributed by atoms with Crippen LogP contribution in [0.4, 0.5) is 5.69 Å². The van der Waals surface area contributed by atoms with Crippen molar-refractivity contribution in [3.8, 4) is 22.6 Å². The number of nitrogens with zero attached hydrogens (tertiary/aromatic N) is 4. The van der Waals surface area contributed by atoms with Crippen molar-refractivity contribution in [1.82, 2.24) is 30.0 Å². The number of nitrogens with one attached hydrogen (secondary N) is 3. The largest absolute Gasteiger partial charge is 0.371 e. The Morgan fingerprint density at radius 2 is 1.85 bits per heavy atom. The minimum atomic E-state index is 0.534. The van der Waals surface area contributed by atoms with Crippen molar-refractivity contribution < 1.29 is 0 Å². The van der Waals surface area contributed by atoms with Crippen molar-refractivity contribution >= 4 is 22.4 Å². The fraction of sp³-hybridized carbons (Fsp3) is 0.364. The first kappa shape index (κ1) is 26.1. The monoisotopic (exact) mass is 533 g/mol. The lowest BCUT2D eigenvalue weighted by atomic mass is 9.87. The molecule has 0 atom stereocenters. The molecule has 206 valence electrons. The molecule has 4 aromatic heterocycles. The number of piperidine rings is 1. The van der Waals surface area contributed by atoms with Crippen LogP contribution in [0.15, 0.2) is 67.7 Å². The molecule has 1 saturated carbocycles. The smallest absolute Gasteiger partial charge is 0.135 e. The molecular formula is C33H39N7. The predicted molar refractivity (Wildman–Crippen MR) is 165 cm³/mol. The SMILES string of the molecule is C=C/C=C(\c1cc(-c2n[nH]c3ccc(-c4cncc(NC(=C)C5CCCCC5)c4)nc23)[nH]c1C)N1CCCCC1. The second-order valence-electron chi connectivity index (χ2n) is 11.2. The minimum Gasteiger partial charge on any atom is -0.371 e. The third kappa shape index (κ3) is 5.33. The fourth-order valence-corrected chi connectivity index (χ4v) is 6.20. The average Bonchev–Trinajstić information content (AvgIpc) is 3.59. The van der Waals surface area contributed by atoms with E-state index in [0.29, 0.717) is 5.92 Å². The quantitative estimate of drug-likeness (QED) is 0.201. The molecule has 1 saturated heterocycles. The molecule has 40 heavy (non-hydrogen) atoms. The molecule has 0 unspecified atom stereocenters. The molecule has 2 aliphatic rings. The second-order valence-corrected chi connectivity index (χ2v) is 11.2. The van der Waals surface area contributed by atoms with Gasteiger partial charge in [-0.2, -0.15) is 5.10 Å². The zero-order valence-corrected chi connectivity index (χ0v) is 23.5. The number of aryl methyl sites for hydroxylation is 1. The van der Waals surface area contributed by atoms with Crippen LogP contribution in [0.1, 0.15) is 62.6 Å². The lowest BCUT2D eigenvalue weighted by Crippen LogP contribution is -2.28. The Hall–Kier alpha value is -4.13. The number of fused-ring (bicyclic) bond motifs is 1. The molecule has 5 heterocycles. The van der Waals surface area contributed by atoms with Gasteiger partial charge in [0, 0.05) is 47.5 Å². The molecule has 3 N–H and O–H groups in total. The van der Waals surface area contributed by atoms with Gasteiger partial charge in [0.25, 0.3) is 0 Å². The van der Waals surface area contributed by atoms with Gasteiger partial charge in [-0.05, 0) is 75.3 Å². The highest BCUT2D eigenvalue weighted by Gasteiger charge is 2.21. The summed E-state index contributed by atoms with van der Waals surface area (Å²) < 4.78 is 0. The van der Waals surface area contributed by atoms with Crippen LogP contribution in [0.2, 0.25) is 0 Å². The first-order chi connectivity index (χ1) is 19.6. The molecule has 2 fully saturated rings. The van der Waals surface area contributed by atoms with Crippen molar-refractivity contribution in [3.05, 3.63) is 78.9 Å². The molecule has 1 aliphatic carbocycles. The van der Waals surface area contributed by atoms with Crippen molar-refractivity contribution in [2.45, 2.75) is 58.3 Å². The highest BCUT2D eigenvalue weighted by molar-refractivity contribution is 5.91. The molecule has 0 aromatic carbocycles. The van der Waals surface area contributed by atoms with Gasteiger partial charge in [0.05, 0.1) is 28.8 Å². The molecule has 1 aliphatic heterocycles. The Labute approximate surface area is 236 Å². The summed E-state index contributed by atoms with van der Waals surface area (Å²) in [5.74, 6) is 0.534. The number of rotatable bonds is 8. The van der Waals surface area contributed by atoms with Gasteiger partial charge in [-0.25, -0.2) is 4.98 Å². The maximum Gasteiger partial charge on any atom is 0.135 e. The van der Waals surface area contributed by atoms with E-state index in [4.69, 9.17) is 4.98 Å². The summed E-state index contributed by atoms with van der Waals surface area (Å²) >= 11 is 0. The van der Waals surface area contributed by atoms with Crippen LogP contribution in [0.3, 0.4) is 0 Å². The van der Waals surface area contributed by atoms with E-state index in [1.54, 1.807) is 0 Å². The first-order valence-electron chi connectivity index (χ1n) is 14.6. The number of pyridine rings is 2. The van der Waals surface area contributed by atoms with Crippen molar-refractivity contribution in [2.24, 2.45) is 5.92 Å². The summed E-state index contributed by atoms with van der Waals surface area (Å²) in [6.07, 6.45) is 17.8. The maximum atomic E-state index is 5.06. The van der Waals surface area contributed by atoms with Gasteiger partial charge in [0.15, 0.2) is 0 Å². The number of hydrogen-bond donors (Lipinski definition) is 3. The van der Waals surface area contributed by atoms with E-state index < -0.39 is 0 Å². The van der Waals surface area contributed by atoms with Crippen LogP contribution in [0.5, 0.6) is 0 Å². The standard InChI is InChI=1S/C33H39N7/c1-4-11-31(40-16-9-6-10-17-40)27-19-30(36-23(27)3)33-32-29(38-39-33)15-14-28(37-32)25-18-26(21-34-20-25)35-22(2)24-12-7-5-8-13-24/h4,11,14-15,18-21,24,35-36H,1-2,5-10,12-13,16-17H2,3H3,(H,38,39)/b31-11+. The van der Waals surface area contributed by atoms with Crippen LogP contribution in [-0.4, -0.2) is 43.1 Å². The van der Waals surface area contributed by atoms with E-state index in [1.165, 1.54) is 62.6 Å². The Balaban J connectivity index is 1.29. The number of H-pyrrole nitrogens is 2. The summed E-state index contributed by atoms with van der Waals surface area (Å²) in [4.78, 5) is 15.6. The van der Waals surface area contributed by atoms with Gasteiger partial charge < -0.3 is 15.2 Å². The number of allylic oxidation sites excluding steroid dienone is 3. The third-order valence-corrected chi connectivity index (χ3v) is 8.36. The van der Waals surface area contributed by atoms with Gasteiger partial charge in [0.2, 0.25) is 0 Å². The zero-order chi connectivity index (χ0) is 27.5. The fourth-order valence-electron chi connectivity index (χ4n) is 6.20. The summed E-state index contributed by atoms with van der Waals surface area (Å²) in [6, 6.07) is 8.37. The molecule has 0 spiro atoms. The van der Waals surface area contributed by atoms with Gasteiger partial charge in [-0.3, -0.25) is 10.1 Å². The number of aromatic nitrogens is 5. The highest BCUT2D eigenvalue weighted by atomic mass is 15.1. The Morgan fingerprint density at radius 3 is 2.65 bits per heavy atom. The number of hydrogen-bond acceptors (Lipinski definition) is 5. The molecule has 0 amide bonds. The summed E-state index contributed by atoms with van der Waals surface area (Å²) in [5.41, 5.74) is 10.9. The lowest BCUT2D eigenvalue weighted by molar-refractivity contribution is 0.326. The van der Waals surface area contributed by atoms with E-state index in [-0.39, 0.29) is 0 Å². The van der Waals surface area contributed by atoms with Gasteiger partial charge in [-0.1, -0.05) is 38.5 Å². The van der Waals surface area contributed by atoms with Crippen LogP contribution in [0, 0.1) is 12.8 Å². The van der Waals surface area contributed by atoms with E-state index in [9.17, 15) is 0 Å². The van der Waals surface area contributed by atoms with E-state index in [1.807, 2.05) is 30.6 Å². The minimum absolute atomic E-state index is 0.534. The molecule has 7 heteroatoms. The van der Waals surface area contributed by atoms with Crippen LogP contribution in [-0.2, 0) is 0 Å². The number of aromatic amines is 2. The summed E-state index contributed by atoms with van der Waals surface area (Å²) in [6.45, 7) is 12.6. The van der Waals surface area contributed by atoms with Crippen molar-refractivity contribution in [3.63, 3.8) is 0 Å². The lowest BCUT2D eigenvalue weighted by Gasteiger charge is -2.31. The Morgan fingerprint density at radius 1 is 1.05 bits per heavy atom. The number of likely N-dealkylation sites (tertiary alicyclic amines) is 1. The highest BCUT2D eigenvalue weighted by Crippen LogP contribution is 2.34. The van der Waals surface area contributed by atoms with E-state index in [0.717, 1.165) is 63.8 Å². The average molecular weight is 534 g/mol. The Kier molecular flexibility index (Phi) is 7.53.